The van der Waals surface area contributed by atoms with Crippen LogP contribution in [-0.4, -0.2) is 32.2 Å². The molecule has 0 spiro atoms. The first-order valence-electron chi connectivity index (χ1n) is 12.8. The molecule has 1 saturated carbocycles. The van der Waals surface area contributed by atoms with Crippen molar-refractivity contribution in [2.45, 2.75) is 64.2 Å². The van der Waals surface area contributed by atoms with Gasteiger partial charge in [0.15, 0.2) is 0 Å². The van der Waals surface area contributed by atoms with Gasteiger partial charge in [-0.05, 0) is 55.4 Å². The van der Waals surface area contributed by atoms with E-state index in [4.69, 9.17) is 0 Å². The van der Waals surface area contributed by atoms with Crippen molar-refractivity contribution in [2.75, 3.05) is 10.6 Å². The van der Waals surface area contributed by atoms with E-state index in [1.165, 1.54) is 22.7 Å². The molecule has 1 fully saturated rings. The molecule has 2 atom stereocenters. The number of amides is 2. The highest BCUT2D eigenvalue weighted by Gasteiger charge is 2.29. The number of nitrogens with one attached hydrogen (secondary N) is 2. The maximum atomic E-state index is 12.5. The van der Waals surface area contributed by atoms with Gasteiger partial charge in [0.25, 0.3) is 0 Å². The molecule has 0 bridgehead atoms. The van der Waals surface area contributed by atoms with Gasteiger partial charge in [-0.15, -0.1) is 20.4 Å². The average Bonchev–Trinajstić information content (AvgIpc) is 3.57. The number of hydrogen-bond donors (Lipinski definition) is 2. The van der Waals surface area contributed by atoms with Crippen LogP contribution >= 0.6 is 22.7 Å². The second kappa shape index (κ2) is 11.9. The Morgan fingerprint density at radius 1 is 0.737 bits per heavy atom. The lowest BCUT2D eigenvalue weighted by molar-refractivity contribution is -0.116. The van der Waals surface area contributed by atoms with Crippen LogP contribution in [-0.2, 0) is 22.4 Å². The molecule has 5 rings (SSSR count). The second-order valence-corrected chi connectivity index (χ2v) is 11.8. The lowest BCUT2D eigenvalue weighted by atomic mass is 9.82. The fourth-order valence-electron chi connectivity index (χ4n) is 4.83. The van der Waals surface area contributed by atoms with Crippen molar-refractivity contribution >= 4 is 44.8 Å². The highest BCUT2D eigenvalue weighted by Crippen LogP contribution is 2.43. The van der Waals surface area contributed by atoms with Crippen molar-refractivity contribution in [3.8, 4) is 0 Å². The lowest BCUT2D eigenvalue weighted by Crippen LogP contribution is -2.14. The summed E-state index contributed by atoms with van der Waals surface area (Å²) in [7, 11) is 0. The van der Waals surface area contributed by atoms with Crippen molar-refractivity contribution in [1.29, 1.82) is 0 Å². The summed E-state index contributed by atoms with van der Waals surface area (Å²) in [4.78, 5) is 25.1. The zero-order valence-corrected chi connectivity index (χ0v) is 23.1. The van der Waals surface area contributed by atoms with Crippen LogP contribution in [0.1, 0.15) is 69.8 Å². The van der Waals surface area contributed by atoms with Crippen LogP contribution in [0.15, 0.2) is 48.5 Å². The summed E-state index contributed by atoms with van der Waals surface area (Å²) in [6.45, 7) is 4.01. The van der Waals surface area contributed by atoms with Crippen LogP contribution in [0, 0.1) is 13.8 Å². The Bertz CT molecular complexity index is 1330. The predicted molar refractivity (Wildman–Crippen MR) is 151 cm³/mol. The molecule has 2 heterocycles. The smallest absolute Gasteiger partial charge is 0.230 e. The van der Waals surface area contributed by atoms with E-state index in [-0.39, 0.29) is 23.7 Å². The summed E-state index contributed by atoms with van der Waals surface area (Å²) < 4.78 is 0. The summed E-state index contributed by atoms with van der Waals surface area (Å²) in [5, 5.41) is 26.0. The Labute approximate surface area is 229 Å². The lowest BCUT2D eigenvalue weighted by Gasteiger charge is -2.25. The van der Waals surface area contributed by atoms with Gasteiger partial charge in [0, 0.05) is 11.8 Å². The molecular weight excluding hydrogens is 516 g/mol. The quantitative estimate of drug-likeness (QED) is 0.289. The Morgan fingerprint density at radius 3 is 1.63 bits per heavy atom. The highest BCUT2D eigenvalue weighted by atomic mass is 32.1. The topological polar surface area (TPSA) is 110 Å². The van der Waals surface area contributed by atoms with Crippen molar-refractivity contribution in [3.05, 3.63) is 80.8 Å². The van der Waals surface area contributed by atoms with Crippen LogP contribution in [0.4, 0.5) is 10.3 Å². The van der Waals surface area contributed by atoms with Crippen molar-refractivity contribution in [3.63, 3.8) is 0 Å². The normalized spacial score (nSPS) is 17.2. The molecule has 0 aliphatic heterocycles. The van der Waals surface area contributed by atoms with Crippen molar-refractivity contribution < 1.29 is 9.59 Å². The standard InChI is InChI=1S/C28H30N6O2S2/c1-17-8-3-5-10-19(17)15-23(35)29-27-33-31-25(37-27)21-12-7-13-22(14-21)26-32-34-28(38-26)30-24(36)16-20-11-6-4-9-18(20)2/h3-6,8-11,21-22H,7,12-16H2,1-2H3,(H,29,33,35)(H,30,34,36). The third-order valence-corrected chi connectivity index (χ3v) is 8.97. The molecule has 1 aliphatic carbocycles. The number of carbonyl (C=O) groups is 2. The van der Waals surface area contributed by atoms with Crippen LogP contribution < -0.4 is 10.6 Å². The Balaban J connectivity index is 1.16. The SMILES string of the molecule is Cc1ccccc1CC(=O)Nc1nnc(C2CCCC(c3nnc(NC(=O)Cc4ccccc4C)s3)C2)s1. The van der Waals surface area contributed by atoms with E-state index in [9.17, 15) is 9.59 Å². The zero-order chi connectivity index (χ0) is 26.5. The molecule has 2 amide bonds. The molecule has 0 radical (unpaired) electrons. The van der Waals surface area contributed by atoms with Gasteiger partial charge in [-0.3, -0.25) is 9.59 Å². The van der Waals surface area contributed by atoms with Gasteiger partial charge in [-0.2, -0.15) is 0 Å². The minimum absolute atomic E-state index is 0.0885. The molecule has 2 aromatic carbocycles. The molecule has 2 unspecified atom stereocenters. The van der Waals surface area contributed by atoms with E-state index < -0.39 is 0 Å². The molecule has 38 heavy (non-hydrogen) atoms. The molecule has 4 aromatic rings. The molecule has 10 heteroatoms. The van der Waals surface area contributed by atoms with Crippen LogP contribution in [0.25, 0.3) is 0 Å². The first-order valence-corrected chi connectivity index (χ1v) is 14.4. The van der Waals surface area contributed by atoms with E-state index in [0.717, 1.165) is 58.0 Å². The first kappa shape index (κ1) is 26.1. The fourth-order valence-corrected chi connectivity index (χ4v) is 6.64. The average molecular weight is 547 g/mol. The Kier molecular flexibility index (Phi) is 8.19. The zero-order valence-electron chi connectivity index (χ0n) is 21.4. The van der Waals surface area contributed by atoms with E-state index in [1.54, 1.807) is 0 Å². The van der Waals surface area contributed by atoms with Crippen molar-refractivity contribution in [2.24, 2.45) is 0 Å². The first-order chi connectivity index (χ1) is 18.4. The molecular formula is C28H30N6O2S2. The van der Waals surface area contributed by atoms with Crippen LogP contribution in [0.5, 0.6) is 0 Å². The third-order valence-electron chi connectivity index (χ3n) is 6.97. The van der Waals surface area contributed by atoms with Gasteiger partial charge < -0.3 is 10.6 Å². The molecule has 196 valence electrons. The Morgan fingerprint density at radius 2 is 1.18 bits per heavy atom. The predicted octanol–water partition coefficient (Wildman–Crippen LogP) is 5.81. The second-order valence-electron chi connectivity index (χ2n) is 9.75. The summed E-state index contributed by atoms with van der Waals surface area (Å²) >= 11 is 2.90. The van der Waals surface area contributed by atoms with E-state index in [1.807, 2.05) is 62.4 Å². The summed E-state index contributed by atoms with van der Waals surface area (Å²) in [5.41, 5.74) is 4.21. The number of carbonyl (C=O) groups excluding carboxylic acids is 2. The maximum Gasteiger partial charge on any atom is 0.230 e. The third kappa shape index (κ3) is 6.49. The minimum atomic E-state index is -0.0885. The van der Waals surface area contributed by atoms with Gasteiger partial charge in [0.2, 0.25) is 22.1 Å². The summed E-state index contributed by atoms with van der Waals surface area (Å²) in [6, 6.07) is 15.8. The minimum Gasteiger partial charge on any atom is -0.300 e. The van der Waals surface area contributed by atoms with Crippen LogP contribution in [0.3, 0.4) is 0 Å². The number of benzene rings is 2. The summed E-state index contributed by atoms with van der Waals surface area (Å²) in [6.07, 6.45) is 4.64. The monoisotopic (exact) mass is 546 g/mol. The van der Waals surface area contributed by atoms with E-state index >= 15 is 0 Å². The van der Waals surface area contributed by atoms with Crippen LogP contribution in [0.2, 0.25) is 0 Å². The van der Waals surface area contributed by atoms with E-state index in [2.05, 4.69) is 31.0 Å². The van der Waals surface area contributed by atoms with Gasteiger partial charge in [0.05, 0.1) is 12.8 Å². The van der Waals surface area contributed by atoms with Gasteiger partial charge >= 0.3 is 0 Å². The number of hydrogen-bond acceptors (Lipinski definition) is 8. The van der Waals surface area contributed by atoms with E-state index in [0.29, 0.717) is 23.1 Å². The molecule has 2 aromatic heterocycles. The molecule has 0 saturated heterocycles. The van der Waals surface area contributed by atoms with Crippen molar-refractivity contribution in [1.82, 2.24) is 20.4 Å². The molecule has 1 aliphatic rings. The molecule has 8 nitrogen and oxygen atoms in total. The number of anilines is 2. The number of aromatic nitrogens is 4. The van der Waals surface area contributed by atoms with Gasteiger partial charge in [-0.1, -0.05) is 77.6 Å². The highest BCUT2D eigenvalue weighted by molar-refractivity contribution is 7.15. The van der Waals surface area contributed by atoms with Gasteiger partial charge in [0.1, 0.15) is 10.0 Å². The maximum absolute atomic E-state index is 12.5. The fraction of sp³-hybridized carbons (Fsp3) is 0.357. The number of nitrogens with zero attached hydrogens (tertiary/aromatic N) is 4. The number of rotatable bonds is 8. The molecule has 2 N–H and O–H groups in total. The summed E-state index contributed by atoms with van der Waals surface area (Å²) in [5.74, 6) is 0.344. The Hall–Kier alpha value is -3.50. The largest absolute Gasteiger partial charge is 0.300 e. The van der Waals surface area contributed by atoms with Gasteiger partial charge in [-0.25, -0.2) is 0 Å². The number of aryl methyl sites for hydroxylation is 2.